The molecule has 1 rings (SSSR count). The molecular weight excluding hydrogens is 144 g/mol. The van der Waals surface area contributed by atoms with E-state index in [9.17, 15) is 4.79 Å². The van der Waals surface area contributed by atoms with Crippen molar-refractivity contribution in [1.82, 2.24) is 9.78 Å². The van der Waals surface area contributed by atoms with Crippen molar-refractivity contribution < 1.29 is 9.90 Å². The summed E-state index contributed by atoms with van der Waals surface area (Å²) in [6.45, 7) is 3.55. The summed E-state index contributed by atoms with van der Waals surface area (Å²) in [6.07, 6.45) is 0. The number of aromatic nitrogens is 2. The van der Waals surface area contributed by atoms with Crippen molar-refractivity contribution in [2.75, 3.05) is 0 Å². The highest BCUT2D eigenvalue weighted by Crippen LogP contribution is 2.10. The second-order valence-electron chi connectivity index (χ2n) is 2.49. The number of hydrogen-bond donors (Lipinski definition) is 1. The largest absolute Gasteiger partial charge is 0.477 e. The zero-order valence-corrected chi connectivity index (χ0v) is 6.75. The molecule has 0 atom stereocenters. The van der Waals surface area contributed by atoms with Crippen LogP contribution in [0.5, 0.6) is 0 Å². The highest BCUT2D eigenvalue weighted by Gasteiger charge is 2.14. The molecule has 0 bridgehead atoms. The summed E-state index contributed by atoms with van der Waals surface area (Å²) < 4.78 is 1.38. The number of carbonyl (C=O) groups is 1. The Hall–Kier alpha value is -1.32. The van der Waals surface area contributed by atoms with E-state index in [1.54, 1.807) is 20.9 Å². The summed E-state index contributed by atoms with van der Waals surface area (Å²) in [4.78, 5) is 10.6. The molecule has 1 aromatic rings. The summed E-state index contributed by atoms with van der Waals surface area (Å²) in [6, 6.07) is 0. The number of aromatic carboxylic acids is 1. The quantitative estimate of drug-likeness (QED) is 0.648. The molecule has 0 fully saturated rings. The standard InChI is InChI=1S/C7H10N2O2/c1-4-5(2)8-9(3)6(4)7(10)11/h1-3H3,(H,10,11). The van der Waals surface area contributed by atoms with Gasteiger partial charge in [0.15, 0.2) is 0 Å². The summed E-state index contributed by atoms with van der Waals surface area (Å²) in [7, 11) is 1.63. The van der Waals surface area contributed by atoms with E-state index in [2.05, 4.69) is 5.10 Å². The van der Waals surface area contributed by atoms with Gasteiger partial charge in [0.2, 0.25) is 0 Å². The number of rotatable bonds is 1. The maximum Gasteiger partial charge on any atom is 0.354 e. The second-order valence-corrected chi connectivity index (χ2v) is 2.49. The molecule has 0 saturated heterocycles. The van der Waals surface area contributed by atoms with Gasteiger partial charge in [0, 0.05) is 12.6 Å². The third kappa shape index (κ3) is 1.11. The van der Waals surface area contributed by atoms with Crippen LogP contribution in [0.4, 0.5) is 0 Å². The average Bonchev–Trinajstić information content (AvgIpc) is 2.07. The van der Waals surface area contributed by atoms with Gasteiger partial charge < -0.3 is 5.11 Å². The molecule has 0 aliphatic rings. The molecule has 0 aliphatic carbocycles. The third-order valence-corrected chi connectivity index (χ3v) is 1.72. The Kier molecular flexibility index (Phi) is 1.68. The maximum atomic E-state index is 10.6. The SMILES string of the molecule is Cc1nn(C)c(C(=O)O)c1C. The van der Waals surface area contributed by atoms with Gasteiger partial charge in [-0.3, -0.25) is 4.68 Å². The van der Waals surface area contributed by atoms with Gasteiger partial charge >= 0.3 is 5.97 Å². The number of nitrogens with zero attached hydrogens (tertiary/aromatic N) is 2. The van der Waals surface area contributed by atoms with Crippen LogP contribution in [0.1, 0.15) is 21.7 Å². The first kappa shape index (κ1) is 7.78. The molecule has 0 radical (unpaired) electrons. The number of carboxylic acid groups (broad SMARTS) is 1. The lowest BCUT2D eigenvalue weighted by molar-refractivity contribution is 0.0684. The van der Waals surface area contributed by atoms with Crippen LogP contribution in [-0.4, -0.2) is 20.9 Å². The van der Waals surface area contributed by atoms with Crippen molar-refractivity contribution in [3.63, 3.8) is 0 Å². The first-order valence-corrected chi connectivity index (χ1v) is 3.27. The van der Waals surface area contributed by atoms with Crippen molar-refractivity contribution in [2.45, 2.75) is 13.8 Å². The van der Waals surface area contributed by atoms with E-state index < -0.39 is 5.97 Å². The molecule has 0 saturated carbocycles. The summed E-state index contributed by atoms with van der Waals surface area (Å²) in [5.74, 6) is -0.925. The monoisotopic (exact) mass is 154 g/mol. The van der Waals surface area contributed by atoms with Crippen molar-refractivity contribution in [3.8, 4) is 0 Å². The molecule has 60 valence electrons. The fraction of sp³-hybridized carbons (Fsp3) is 0.429. The van der Waals surface area contributed by atoms with Crippen LogP contribution in [0.2, 0.25) is 0 Å². The zero-order valence-electron chi connectivity index (χ0n) is 6.75. The van der Waals surface area contributed by atoms with Crippen molar-refractivity contribution in [3.05, 3.63) is 17.0 Å². The minimum absolute atomic E-state index is 0.266. The molecular formula is C7H10N2O2. The molecule has 0 unspecified atom stereocenters. The average molecular weight is 154 g/mol. The normalized spacial score (nSPS) is 10.1. The molecule has 1 aromatic heterocycles. The van der Waals surface area contributed by atoms with E-state index in [0.29, 0.717) is 0 Å². The lowest BCUT2D eigenvalue weighted by atomic mass is 10.2. The minimum Gasteiger partial charge on any atom is -0.477 e. The number of aryl methyl sites for hydroxylation is 2. The van der Waals surface area contributed by atoms with Crippen LogP contribution in [0.25, 0.3) is 0 Å². The molecule has 0 aromatic carbocycles. The number of carboxylic acids is 1. The van der Waals surface area contributed by atoms with Gasteiger partial charge in [-0.1, -0.05) is 0 Å². The minimum atomic E-state index is -0.925. The van der Waals surface area contributed by atoms with Gasteiger partial charge in [-0.2, -0.15) is 5.10 Å². The van der Waals surface area contributed by atoms with Crippen LogP contribution in [-0.2, 0) is 7.05 Å². The van der Waals surface area contributed by atoms with Crippen LogP contribution in [0, 0.1) is 13.8 Å². The Balaban J connectivity index is 3.34. The van der Waals surface area contributed by atoms with Crippen molar-refractivity contribution >= 4 is 5.97 Å². The van der Waals surface area contributed by atoms with E-state index in [0.717, 1.165) is 11.3 Å². The second kappa shape index (κ2) is 2.38. The van der Waals surface area contributed by atoms with E-state index >= 15 is 0 Å². The zero-order chi connectivity index (χ0) is 8.59. The smallest absolute Gasteiger partial charge is 0.354 e. The van der Waals surface area contributed by atoms with E-state index in [-0.39, 0.29) is 5.69 Å². The molecule has 1 N–H and O–H groups in total. The third-order valence-electron chi connectivity index (χ3n) is 1.72. The molecule has 0 aliphatic heterocycles. The number of hydrogen-bond acceptors (Lipinski definition) is 2. The molecule has 0 spiro atoms. The van der Waals surface area contributed by atoms with E-state index in [1.807, 2.05) is 0 Å². The lowest BCUT2D eigenvalue weighted by Crippen LogP contribution is -2.06. The lowest BCUT2D eigenvalue weighted by Gasteiger charge is -1.94. The van der Waals surface area contributed by atoms with Gasteiger partial charge in [0.1, 0.15) is 5.69 Å². The Labute approximate surface area is 64.5 Å². The van der Waals surface area contributed by atoms with E-state index in [4.69, 9.17) is 5.11 Å². The van der Waals surface area contributed by atoms with Crippen LogP contribution in [0.15, 0.2) is 0 Å². The van der Waals surface area contributed by atoms with Gasteiger partial charge in [0.05, 0.1) is 5.69 Å². The molecule has 0 amide bonds. The maximum absolute atomic E-state index is 10.6. The van der Waals surface area contributed by atoms with Crippen LogP contribution >= 0.6 is 0 Å². The molecule has 1 heterocycles. The van der Waals surface area contributed by atoms with Gasteiger partial charge in [-0.05, 0) is 13.8 Å². The van der Waals surface area contributed by atoms with Crippen LogP contribution in [0.3, 0.4) is 0 Å². The van der Waals surface area contributed by atoms with E-state index in [1.165, 1.54) is 4.68 Å². The Morgan fingerprint density at radius 1 is 1.55 bits per heavy atom. The Morgan fingerprint density at radius 2 is 2.09 bits per heavy atom. The summed E-state index contributed by atoms with van der Waals surface area (Å²) >= 11 is 0. The Bertz CT molecular complexity index is 302. The highest BCUT2D eigenvalue weighted by molar-refractivity contribution is 5.87. The van der Waals surface area contributed by atoms with Gasteiger partial charge in [0.25, 0.3) is 0 Å². The van der Waals surface area contributed by atoms with Gasteiger partial charge in [-0.15, -0.1) is 0 Å². The summed E-state index contributed by atoms with van der Waals surface area (Å²) in [5, 5.41) is 12.7. The first-order chi connectivity index (χ1) is 5.04. The fourth-order valence-electron chi connectivity index (χ4n) is 1.06. The predicted octanol–water partition coefficient (Wildman–Crippen LogP) is 0.735. The molecule has 4 nitrogen and oxygen atoms in total. The van der Waals surface area contributed by atoms with Gasteiger partial charge in [-0.25, -0.2) is 4.79 Å². The molecule has 11 heavy (non-hydrogen) atoms. The fourth-order valence-corrected chi connectivity index (χ4v) is 1.06. The first-order valence-electron chi connectivity index (χ1n) is 3.27. The van der Waals surface area contributed by atoms with Crippen LogP contribution < -0.4 is 0 Å². The topological polar surface area (TPSA) is 55.1 Å². The molecule has 4 heteroatoms. The summed E-state index contributed by atoms with van der Waals surface area (Å²) in [5.41, 5.74) is 1.77. The van der Waals surface area contributed by atoms with Crippen molar-refractivity contribution in [2.24, 2.45) is 7.05 Å². The van der Waals surface area contributed by atoms with Crippen molar-refractivity contribution in [1.29, 1.82) is 0 Å². The highest BCUT2D eigenvalue weighted by atomic mass is 16.4. The predicted molar refractivity (Wildman–Crippen MR) is 39.6 cm³/mol. The Morgan fingerprint density at radius 3 is 2.27 bits per heavy atom.